The maximum absolute atomic E-state index is 6.15. The number of hydrogen-bond donors (Lipinski definition) is 1. The van der Waals surface area contributed by atoms with E-state index in [0.717, 1.165) is 31.1 Å². The lowest BCUT2D eigenvalue weighted by molar-refractivity contribution is 0.424. The van der Waals surface area contributed by atoms with Gasteiger partial charge in [-0.1, -0.05) is 18.5 Å². The Hall–Kier alpha value is -0.730. The Balaban J connectivity index is 2.96. The van der Waals surface area contributed by atoms with Crippen molar-refractivity contribution >= 4 is 17.3 Å². The lowest BCUT2D eigenvalue weighted by Crippen LogP contribution is -2.36. The van der Waals surface area contributed by atoms with Gasteiger partial charge >= 0.3 is 0 Å². The molecule has 0 unspecified atom stereocenters. The molecule has 0 radical (unpaired) electrons. The zero-order chi connectivity index (χ0) is 14.5. The Labute approximate surface area is 123 Å². The van der Waals surface area contributed by atoms with E-state index >= 15 is 0 Å². The zero-order valence-electron chi connectivity index (χ0n) is 12.9. The average molecular weight is 283 g/mol. The highest BCUT2D eigenvalue weighted by atomic mass is 35.5. The van der Waals surface area contributed by atoms with Crippen molar-refractivity contribution in [1.82, 2.24) is 5.32 Å². The van der Waals surface area contributed by atoms with Crippen molar-refractivity contribution < 1.29 is 0 Å². The molecule has 0 bridgehead atoms. The van der Waals surface area contributed by atoms with Crippen molar-refractivity contribution in [3.8, 4) is 0 Å². The van der Waals surface area contributed by atoms with Gasteiger partial charge in [-0.15, -0.1) is 0 Å². The van der Waals surface area contributed by atoms with Crippen LogP contribution in [-0.2, 0) is 6.54 Å². The first-order valence-corrected chi connectivity index (χ1v) is 7.53. The molecule has 0 heterocycles. The number of nitrogens with zero attached hydrogens (tertiary/aromatic N) is 1. The van der Waals surface area contributed by atoms with Crippen LogP contribution in [0, 0.1) is 0 Å². The fourth-order valence-electron chi connectivity index (χ4n) is 2.08. The molecule has 3 heteroatoms. The smallest absolute Gasteiger partial charge is 0.0412 e. The first-order valence-electron chi connectivity index (χ1n) is 7.15. The predicted molar refractivity (Wildman–Crippen MR) is 86.2 cm³/mol. The molecule has 0 fully saturated rings. The van der Waals surface area contributed by atoms with Crippen LogP contribution in [0.5, 0.6) is 0 Å². The van der Waals surface area contributed by atoms with Crippen LogP contribution in [0.2, 0.25) is 5.02 Å². The van der Waals surface area contributed by atoms with Crippen LogP contribution < -0.4 is 10.2 Å². The van der Waals surface area contributed by atoms with E-state index in [0.29, 0.717) is 0 Å². The minimum atomic E-state index is 0.112. The SMILES string of the molecule is CCCN(CC)c1ccc(Cl)cc1CNC(C)(C)C. The summed E-state index contributed by atoms with van der Waals surface area (Å²) < 4.78 is 0. The maximum atomic E-state index is 6.15. The third-order valence-corrected chi connectivity index (χ3v) is 3.30. The zero-order valence-corrected chi connectivity index (χ0v) is 13.6. The van der Waals surface area contributed by atoms with Gasteiger partial charge in [0.25, 0.3) is 0 Å². The highest BCUT2D eigenvalue weighted by Crippen LogP contribution is 2.25. The van der Waals surface area contributed by atoms with Crippen LogP contribution in [0.15, 0.2) is 18.2 Å². The highest BCUT2D eigenvalue weighted by Gasteiger charge is 2.13. The molecule has 19 heavy (non-hydrogen) atoms. The average Bonchev–Trinajstić information content (AvgIpc) is 2.33. The quantitative estimate of drug-likeness (QED) is 0.828. The summed E-state index contributed by atoms with van der Waals surface area (Å²) in [4.78, 5) is 2.41. The van der Waals surface area contributed by atoms with Crippen LogP contribution in [0.3, 0.4) is 0 Å². The van der Waals surface area contributed by atoms with Gasteiger partial charge in [0.2, 0.25) is 0 Å². The van der Waals surface area contributed by atoms with E-state index in [1.807, 2.05) is 6.07 Å². The number of anilines is 1. The van der Waals surface area contributed by atoms with E-state index in [4.69, 9.17) is 11.6 Å². The molecule has 1 aromatic carbocycles. The molecule has 1 rings (SSSR count). The number of nitrogens with one attached hydrogen (secondary N) is 1. The van der Waals surface area contributed by atoms with E-state index in [9.17, 15) is 0 Å². The van der Waals surface area contributed by atoms with Gasteiger partial charge in [-0.05, 0) is 57.9 Å². The van der Waals surface area contributed by atoms with Crippen molar-refractivity contribution in [2.75, 3.05) is 18.0 Å². The molecule has 0 saturated carbocycles. The minimum absolute atomic E-state index is 0.112. The Morgan fingerprint density at radius 2 is 1.89 bits per heavy atom. The van der Waals surface area contributed by atoms with Crippen LogP contribution in [0.4, 0.5) is 5.69 Å². The molecule has 2 nitrogen and oxygen atoms in total. The topological polar surface area (TPSA) is 15.3 Å². The molecule has 0 aromatic heterocycles. The van der Waals surface area contributed by atoms with Crippen molar-refractivity contribution in [2.24, 2.45) is 0 Å². The fourth-order valence-corrected chi connectivity index (χ4v) is 2.28. The molecule has 1 N–H and O–H groups in total. The highest BCUT2D eigenvalue weighted by molar-refractivity contribution is 6.30. The molecule has 0 aliphatic rings. The van der Waals surface area contributed by atoms with E-state index in [-0.39, 0.29) is 5.54 Å². The largest absolute Gasteiger partial charge is 0.372 e. The van der Waals surface area contributed by atoms with E-state index in [2.05, 4.69) is 57.0 Å². The molecule has 0 saturated heterocycles. The van der Waals surface area contributed by atoms with E-state index in [1.165, 1.54) is 11.3 Å². The second-order valence-corrected chi connectivity index (χ2v) is 6.39. The van der Waals surface area contributed by atoms with Gasteiger partial charge in [0.05, 0.1) is 0 Å². The predicted octanol–water partition coefficient (Wildman–Crippen LogP) is 4.46. The van der Waals surface area contributed by atoms with Gasteiger partial charge in [0, 0.05) is 35.9 Å². The number of hydrogen-bond acceptors (Lipinski definition) is 2. The molecule has 108 valence electrons. The monoisotopic (exact) mass is 282 g/mol. The van der Waals surface area contributed by atoms with Crippen LogP contribution in [0.25, 0.3) is 0 Å². The summed E-state index contributed by atoms with van der Waals surface area (Å²) in [7, 11) is 0. The molecule has 0 atom stereocenters. The van der Waals surface area contributed by atoms with Crippen LogP contribution in [0.1, 0.15) is 46.6 Å². The maximum Gasteiger partial charge on any atom is 0.0412 e. The van der Waals surface area contributed by atoms with Crippen molar-refractivity contribution in [3.05, 3.63) is 28.8 Å². The van der Waals surface area contributed by atoms with Crippen molar-refractivity contribution in [1.29, 1.82) is 0 Å². The molecule has 0 spiro atoms. The summed E-state index contributed by atoms with van der Waals surface area (Å²) in [5.41, 5.74) is 2.68. The summed E-state index contributed by atoms with van der Waals surface area (Å²) in [6.45, 7) is 13.9. The second-order valence-electron chi connectivity index (χ2n) is 5.96. The lowest BCUT2D eigenvalue weighted by atomic mass is 10.1. The Kier molecular flexibility index (Phi) is 6.15. The van der Waals surface area contributed by atoms with Crippen LogP contribution in [-0.4, -0.2) is 18.6 Å². The summed E-state index contributed by atoms with van der Waals surface area (Å²) in [5.74, 6) is 0. The van der Waals surface area contributed by atoms with Gasteiger partial charge in [-0.2, -0.15) is 0 Å². The first kappa shape index (κ1) is 16.3. The normalized spacial score (nSPS) is 11.7. The summed E-state index contributed by atoms with van der Waals surface area (Å²) in [6.07, 6.45) is 1.16. The molecule has 0 aliphatic heterocycles. The Bertz CT molecular complexity index is 396. The Morgan fingerprint density at radius 3 is 2.42 bits per heavy atom. The van der Waals surface area contributed by atoms with Gasteiger partial charge < -0.3 is 10.2 Å². The summed E-state index contributed by atoms with van der Waals surface area (Å²) >= 11 is 6.15. The molecule has 1 aromatic rings. The third-order valence-electron chi connectivity index (χ3n) is 3.07. The minimum Gasteiger partial charge on any atom is -0.372 e. The summed E-state index contributed by atoms with van der Waals surface area (Å²) in [6, 6.07) is 6.20. The lowest BCUT2D eigenvalue weighted by Gasteiger charge is -2.27. The van der Waals surface area contributed by atoms with E-state index < -0.39 is 0 Å². The molecular weight excluding hydrogens is 256 g/mol. The molecule has 0 aliphatic carbocycles. The van der Waals surface area contributed by atoms with Gasteiger partial charge in [0.1, 0.15) is 0 Å². The molecular formula is C16H27ClN2. The van der Waals surface area contributed by atoms with Gasteiger partial charge in [-0.3, -0.25) is 0 Å². The summed E-state index contributed by atoms with van der Waals surface area (Å²) in [5, 5.41) is 4.35. The van der Waals surface area contributed by atoms with E-state index in [1.54, 1.807) is 0 Å². The third kappa shape index (κ3) is 5.42. The standard InChI is InChI=1S/C16H27ClN2/c1-6-10-19(7-2)15-9-8-14(17)11-13(15)12-18-16(3,4)5/h8-9,11,18H,6-7,10,12H2,1-5H3. The van der Waals surface area contributed by atoms with Crippen molar-refractivity contribution in [2.45, 2.75) is 53.1 Å². The van der Waals surface area contributed by atoms with Gasteiger partial charge in [0.15, 0.2) is 0 Å². The first-order chi connectivity index (χ1) is 8.87. The van der Waals surface area contributed by atoms with Crippen molar-refractivity contribution in [3.63, 3.8) is 0 Å². The fraction of sp³-hybridized carbons (Fsp3) is 0.625. The van der Waals surface area contributed by atoms with Crippen LogP contribution >= 0.6 is 11.6 Å². The second kappa shape index (κ2) is 7.16. The number of halogens is 1. The van der Waals surface area contributed by atoms with Gasteiger partial charge in [-0.25, -0.2) is 0 Å². The Morgan fingerprint density at radius 1 is 1.21 bits per heavy atom. The number of rotatable bonds is 6. The number of benzene rings is 1. The molecule has 0 amide bonds.